The first-order valence-electron chi connectivity index (χ1n) is 8.58. The fourth-order valence-corrected chi connectivity index (χ4v) is 3.16. The maximum atomic E-state index is 11.2. The van der Waals surface area contributed by atoms with E-state index in [1.807, 2.05) is 61.5 Å². The number of hydrogen-bond donors (Lipinski definition) is 1. The molecule has 1 N–H and O–H groups in total. The van der Waals surface area contributed by atoms with Gasteiger partial charge in [0, 0.05) is 12.4 Å². The molecule has 3 aromatic rings. The van der Waals surface area contributed by atoms with Crippen LogP contribution in [0.1, 0.15) is 24.5 Å². The second kappa shape index (κ2) is 7.58. The number of aliphatic hydroxyl groups is 1. The standard InChI is InChI=1S/C22H23NO3/c1-4-22(24,19-11-13-23-14-12-19)18-8-5-16(6-9-18)17-7-10-20(25-2)21(15-17)26-3/h5-15,24H,4H2,1-3H3. The Hall–Kier alpha value is -2.85. The van der Waals surface area contributed by atoms with E-state index >= 15 is 0 Å². The molecule has 1 atom stereocenters. The number of ether oxygens (including phenoxy) is 2. The Bertz CT molecular complexity index is 862. The zero-order chi connectivity index (χ0) is 18.6. The zero-order valence-corrected chi connectivity index (χ0v) is 15.3. The SMILES string of the molecule is CCC(O)(c1ccncc1)c1ccc(-c2ccc(OC)c(OC)c2)cc1. The molecule has 26 heavy (non-hydrogen) atoms. The van der Waals surface area contributed by atoms with Crippen LogP contribution in [0, 0.1) is 0 Å². The van der Waals surface area contributed by atoms with Gasteiger partial charge in [-0.05, 0) is 52.9 Å². The van der Waals surface area contributed by atoms with Crippen molar-refractivity contribution in [3.8, 4) is 22.6 Å². The van der Waals surface area contributed by atoms with Gasteiger partial charge in [0.15, 0.2) is 11.5 Å². The number of aromatic nitrogens is 1. The van der Waals surface area contributed by atoms with Crippen molar-refractivity contribution in [2.45, 2.75) is 18.9 Å². The molecule has 0 aliphatic carbocycles. The van der Waals surface area contributed by atoms with Crippen LogP contribution in [0.4, 0.5) is 0 Å². The van der Waals surface area contributed by atoms with Crippen molar-refractivity contribution in [3.63, 3.8) is 0 Å². The number of benzene rings is 2. The van der Waals surface area contributed by atoms with Crippen molar-refractivity contribution >= 4 is 0 Å². The van der Waals surface area contributed by atoms with Crippen molar-refractivity contribution < 1.29 is 14.6 Å². The number of pyridine rings is 1. The van der Waals surface area contributed by atoms with Crippen LogP contribution in [0.2, 0.25) is 0 Å². The summed E-state index contributed by atoms with van der Waals surface area (Å²) in [5.74, 6) is 1.39. The molecule has 0 amide bonds. The van der Waals surface area contributed by atoms with E-state index in [0.717, 1.165) is 22.3 Å². The Morgan fingerprint density at radius 2 is 1.38 bits per heavy atom. The molecule has 0 spiro atoms. The summed E-state index contributed by atoms with van der Waals surface area (Å²) in [5.41, 5.74) is 2.74. The van der Waals surface area contributed by atoms with Gasteiger partial charge in [0.2, 0.25) is 0 Å². The minimum Gasteiger partial charge on any atom is -0.493 e. The van der Waals surface area contributed by atoms with Crippen LogP contribution in [0.15, 0.2) is 67.0 Å². The Kier molecular flexibility index (Phi) is 5.24. The van der Waals surface area contributed by atoms with Gasteiger partial charge in [-0.25, -0.2) is 0 Å². The Labute approximate surface area is 154 Å². The van der Waals surface area contributed by atoms with Crippen molar-refractivity contribution in [2.75, 3.05) is 14.2 Å². The molecule has 134 valence electrons. The second-order valence-corrected chi connectivity index (χ2v) is 6.10. The van der Waals surface area contributed by atoms with Crippen molar-refractivity contribution in [1.29, 1.82) is 0 Å². The van der Waals surface area contributed by atoms with E-state index in [1.54, 1.807) is 26.6 Å². The van der Waals surface area contributed by atoms with Crippen LogP contribution in [0.25, 0.3) is 11.1 Å². The normalized spacial score (nSPS) is 13.1. The van der Waals surface area contributed by atoms with Gasteiger partial charge >= 0.3 is 0 Å². The van der Waals surface area contributed by atoms with E-state index < -0.39 is 5.60 Å². The average Bonchev–Trinajstić information content (AvgIpc) is 2.73. The van der Waals surface area contributed by atoms with Gasteiger partial charge in [-0.2, -0.15) is 0 Å². The van der Waals surface area contributed by atoms with Gasteiger partial charge in [-0.15, -0.1) is 0 Å². The summed E-state index contributed by atoms with van der Waals surface area (Å²) < 4.78 is 10.7. The summed E-state index contributed by atoms with van der Waals surface area (Å²) in [5, 5.41) is 11.2. The molecule has 0 fully saturated rings. The first-order valence-corrected chi connectivity index (χ1v) is 8.58. The van der Waals surface area contributed by atoms with E-state index in [4.69, 9.17) is 9.47 Å². The molecule has 0 bridgehead atoms. The predicted molar refractivity (Wildman–Crippen MR) is 103 cm³/mol. The molecule has 0 aliphatic rings. The lowest BCUT2D eigenvalue weighted by atomic mass is 9.84. The van der Waals surface area contributed by atoms with Crippen LogP contribution in [-0.4, -0.2) is 24.3 Å². The monoisotopic (exact) mass is 349 g/mol. The Morgan fingerprint density at radius 3 is 1.96 bits per heavy atom. The molecule has 1 aromatic heterocycles. The first kappa shape index (κ1) is 18.0. The Morgan fingerprint density at radius 1 is 0.808 bits per heavy atom. The summed E-state index contributed by atoms with van der Waals surface area (Å²) in [6, 6.07) is 17.5. The number of methoxy groups -OCH3 is 2. The lowest BCUT2D eigenvalue weighted by Crippen LogP contribution is -2.26. The van der Waals surface area contributed by atoms with Crippen molar-refractivity contribution in [1.82, 2.24) is 4.98 Å². The molecule has 0 saturated heterocycles. The van der Waals surface area contributed by atoms with Crippen LogP contribution >= 0.6 is 0 Å². The highest BCUT2D eigenvalue weighted by atomic mass is 16.5. The Balaban J connectivity index is 1.96. The average molecular weight is 349 g/mol. The highest BCUT2D eigenvalue weighted by Crippen LogP contribution is 2.35. The molecular formula is C22H23NO3. The van der Waals surface area contributed by atoms with E-state index in [2.05, 4.69) is 4.98 Å². The molecule has 4 nitrogen and oxygen atoms in total. The summed E-state index contributed by atoms with van der Waals surface area (Å²) >= 11 is 0. The van der Waals surface area contributed by atoms with Gasteiger partial charge in [0.05, 0.1) is 14.2 Å². The highest BCUT2D eigenvalue weighted by Gasteiger charge is 2.29. The third kappa shape index (κ3) is 3.28. The summed E-state index contributed by atoms with van der Waals surface area (Å²) in [6.45, 7) is 1.97. The molecule has 0 aliphatic heterocycles. The van der Waals surface area contributed by atoms with E-state index in [9.17, 15) is 5.11 Å². The first-order chi connectivity index (χ1) is 12.6. The van der Waals surface area contributed by atoms with Crippen molar-refractivity contribution in [3.05, 3.63) is 78.1 Å². The van der Waals surface area contributed by atoms with Crippen molar-refractivity contribution in [2.24, 2.45) is 0 Å². The van der Waals surface area contributed by atoms with Gasteiger partial charge in [-0.3, -0.25) is 4.98 Å². The maximum Gasteiger partial charge on any atom is 0.161 e. The maximum absolute atomic E-state index is 11.2. The molecule has 3 rings (SSSR count). The summed E-state index contributed by atoms with van der Waals surface area (Å²) in [7, 11) is 3.25. The smallest absolute Gasteiger partial charge is 0.161 e. The molecule has 0 saturated carbocycles. The quantitative estimate of drug-likeness (QED) is 0.716. The van der Waals surface area contributed by atoms with Crippen LogP contribution in [0.5, 0.6) is 11.5 Å². The van der Waals surface area contributed by atoms with Crippen LogP contribution in [0.3, 0.4) is 0 Å². The summed E-state index contributed by atoms with van der Waals surface area (Å²) in [4.78, 5) is 4.04. The number of rotatable bonds is 6. The van der Waals surface area contributed by atoms with Crippen LogP contribution in [-0.2, 0) is 5.60 Å². The summed E-state index contributed by atoms with van der Waals surface area (Å²) in [6.07, 6.45) is 3.98. The third-order valence-corrected chi connectivity index (χ3v) is 4.75. The van der Waals surface area contributed by atoms with Gasteiger partial charge < -0.3 is 14.6 Å². The zero-order valence-electron chi connectivity index (χ0n) is 15.3. The van der Waals surface area contributed by atoms with Gasteiger partial charge in [-0.1, -0.05) is 37.3 Å². The fraction of sp³-hybridized carbons (Fsp3) is 0.227. The van der Waals surface area contributed by atoms with E-state index in [1.165, 1.54) is 0 Å². The molecule has 4 heteroatoms. The highest BCUT2D eigenvalue weighted by molar-refractivity contribution is 5.67. The molecule has 1 heterocycles. The minimum absolute atomic E-state index is 0.576. The molecule has 0 radical (unpaired) electrons. The second-order valence-electron chi connectivity index (χ2n) is 6.10. The lowest BCUT2D eigenvalue weighted by molar-refractivity contribution is 0.0764. The fourth-order valence-electron chi connectivity index (χ4n) is 3.16. The largest absolute Gasteiger partial charge is 0.493 e. The van der Waals surface area contributed by atoms with E-state index in [0.29, 0.717) is 17.9 Å². The number of nitrogens with zero attached hydrogens (tertiary/aromatic N) is 1. The van der Waals surface area contributed by atoms with Gasteiger partial charge in [0.1, 0.15) is 5.60 Å². The molecule has 1 unspecified atom stereocenters. The van der Waals surface area contributed by atoms with Crippen LogP contribution < -0.4 is 9.47 Å². The lowest BCUT2D eigenvalue weighted by Gasteiger charge is -2.28. The van der Waals surface area contributed by atoms with E-state index in [-0.39, 0.29) is 0 Å². The predicted octanol–water partition coefficient (Wildman–Crippen LogP) is 4.41. The minimum atomic E-state index is -1.03. The topological polar surface area (TPSA) is 51.6 Å². The van der Waals surface area contributed by atoms with Gasteiger partial charge in [0.25, 0.3) is 0 Å². The number of hydrogen-bond acceptors (Lipinski definition) is 4. The molecular weight excluding hydrogens is 326 g/mol. The third-order valence-electron chi connectivity index (χ3n) is 4.75. The molecule has 2 aromatic carbocycles.